The number of carbonyl (C=O) groups is 2. The Balaban J connectivity index is 2.88. The monoisotopic (exact) mass is 329 g/mol. The molecule has 0 aliphatic rings. The van der Waals surface area contributed by atoms with Crippen molar-refractivity contribution in [3.63, 3.8) is 0 Å². The van der Waals surface area contributed by atoms with Gasteiger partial charge < -0.3 is 19.9 Å². The van der Waals surface area contributed by atoms with Crippen LogP contribution in [0.15, 0.2) is 17.2 Å². The number of halogens is 1. The molecule has 0 heterocycles. The van der Waals surface area contributed by atoms with E-state index in [0.29, 0.717) is 11.3 Å². The van der Waals surface area contributed by atoms with Crippen LogP contribution in [0, 0.1) is 0 Å². The van der Waals surface area contributed by atoms with E-state index in [4.69, 9.17) is 31.5 Å². The van der Waals surface area contributed by atoms with E-state index in [1.54, 1.807) is 13.0 Å². The first kappa shape index (κ1) is 17.6. The SMILES string of the molecule is CCOC(=O)COc1c(Cl)cc(/C=N\NC(N)=O)cc1OC. The second-order valence-electron chi connectivity index (χ2n) is 3.86. The molecule has 0 aromatic heterocycles. The molecule has 0 radical (unpaired) electrons. The van der Waals surface area contributed by atoms with Crippen molar-refractivity contribution in [2.24, 2.45) is 10.8 Å². The van der Waals surface area contributed by atoms with Gasteiger partial charge in [-0.3, -0.25) is 0 Å². The van der Waals surface area contributed by atoms with Crippen LogP contribution in [0.5, 0.6) is 11.5 Å². The summed E-state index contributed by atoms with van der Waals surface area (Å²) in [6.07, 6.45) is 1.33. The van der Waals surface area contributed by atoms with Crippen LogP contribution in [0.1, 0.15) is 12.5 Å². The van der Waals surface area contributed by atoms with E-state index in [-0.39, 0.29) is 24.0 Å². The molecule has 3 N–H and O–H groups in total. The first-order chi connectivity index (χ1) is 10.5. The lowest BCUT2D eigenvalue weighted by molar-refractivity contribution is -0.145. The summed E-state index contributed by atoms with van der Waals surface area (Å²) in [5.74, 6) is -0.00790. The number of amides is 2. The van der Waals surface area contributed by atoms with Crippen LogP contribution in [0.4, 0.5) is 4.79 Å². The third kappa shape index (κ3) is 5.49. The molecule has 22 heavy (non-hydrogen) atoms. The number of benzene rings is 1. The molecule has 0 aliphatic carbocycles. The number of hydrogen-bond donors (Lipinski definition) is 2. The van der Waals surface area contributed by atoms with Crippen LogP contribution in [0.25, 0.3) is 0 Å². The molecule has 2 amide bonds. The van der Waals surface area contributed by atoms with Gasteiger partial charge >= 0.3 is 12.0 Å². The van der Waals surface area contributed by atoms with E-state index in [1.807, 2.05) is 0 Å². The molecule has 0 unspecified atom stereocenters. The molecular formula is C13H16ClN3O5. The quantitative estimate of drug-likeness (QED) is 0.444. The standard InChI is InChI=1S/C13H16ClN3O5/c1-3-21-11(18)7-22-12-9(14)4-8(5-10(12)20-2)6-16-17-13(15)19/h4-6H,3,7H2,1-2H3,(H3,15,17,19)/b16-6-. The van der Waals surface area contributed by atoms with Crippen LogP contribution < -0.4 is 20.6 Å². The van der Waals surface area contributed by atoms with Gasteiger partial charge in [0.05, 0.1) is 25.0 Å². The van der Waals surface area contributed by atoms with E-state index < -0.39 is 12.0 Å². The van der Waals surface area contributed by atoms with Gasteiger partial charge in [0.2, 0.25) is 0 Å². The van der Waals surface area contributed by atoms with E-state index in [9.17, 15) is 9.59 Å². The summed E-state index contributed by atoms with van der Waals surface area (Å²) >= 11 is 6.08. The van der Waals surface area contributed by atoms with Crippen molar-refractivity contribution in [3.05, 3.63) is 22.7 Å². The van der Waals surface area contributed by atoms with Crippen molar-refractivity contribution in [2.45, 2.75) is 6.92 Å². The third-order valence-corrected chi connectivity index (χ3v) is 2.56. The van der Waals surface area contributed by atoms with E-state index in [0.717, 1.165) is 0 Å². The maximum Gasteiger partial charge on any atom is 0.344 e. The number of nitrogens with one attached hydrogen (secondary N) is 1. The van der Waals surface area contributed by atoms with E-state index >= 15 is 0 Å². The fourth-order valence-electron chi connectivity index (χ4n) is 1.46. The minimum atomic E-state index is -0.788. The molecule has 1 aromatic carbocycles. The number of nitrogens with two attached hydrogens (primary N) is 1. The fraction of sp³-hybridized carbons (Fsp3) is 0.308. The Morgan fingerprint density at radius 2 is 2.18 bits per heavy atom. The normalized spacial score (nSPS) is 10.3. The Hall–Kier alpha value is -2.48. The smallest absolute Gasteiger partial charge is 0.344 e. The number of ether oxygens (including phenoxy) is 3. The number of esters is 1. The number of methoxy groups -OCH3 is 1. The molecule has 1 rings (SSSR count). The summed E-state index contributed by atoms with van der Waals surface area (Å²) in [5.41, 5.74) is 7.47. The van der Waals surface area contributed by atoms with Gasteiger partial charge in [-0.2, -0.15) is 5.10 Å². The molecule has 0 fully saturated rings. The second-order valence-corrected chi connectivity index (χ2v) is 4.27. The molecule has 0 bridgehead atoms. The Morgan fingerprint density at radius 1 is 1.45 bits per heavy atom. The van der Waals surface area contributed by atoms with Crippen molar-refractivity contribution in [1.82, 2.24) is 5.43 Å². The molecule has 8 nitrogen and oxygen atoms in total. The Labute approximate surface area is 132 Å². The van der Waals surface area contributed by atoms with Gasteiger partial charge in [-0.05, 0) is 24.6 Å². The first-order valence-electron chi connectivity index (χ1n) is 6.22. The summed E-state index contributed by atoms with van der Waals surface area (Å²) < 4.78 is 15.2. The lowest BCUT2D eigenvalue weighted by Gasteiger charge is -2.12. The summed E-state index contributed by atoms with van der Waals surface area (Å²) in [6, 6.07) is 2.30. The van der Waals surface area contributed by atoms with Crippen LogP contribution in [0.3, 0.4) is 0 Å². The number of nitrogens with zero attached hydrogens (tertiary/aromatic N) is 1. The highest BCUT2D eigenvalue weighted by molar-refractivity contribution is 6.32. The molecule has 0 saturated heterocycles. The maximum absolute atomic E-state index is 11.3. The zero-order valence-corrected chi connectivity index (χ0v) is 12.8. The molecule has 0 spiro atoms. The molecule has 0 atom stereocenters. The van der Waals surface area contributed by atoms with Crippen molar-refractivity contribution < 1.29 is 23.8 Å². The van der Waals surface area contributed by atoms with Crippen LogP contribution >= 0.6 is 11.6 Å². The van der Waals surface area contributed by atoms with Crippen molar-refractivity contribution >= 4 is 29.8 Å². The topological polar surface area (TPSA) is 112 Å². The van der Waals surface area contributed by atoms with Gasteiger partial charge in [0.1, 0.15) is 0 Å². The molecular weight excluding hydrogens is 314 g/mol. The first-order valence-corrected chi connectivity index (χ1v) is 6.60. The molecule has 0 aliphatic heterocycles. The van der Waals surface area contributed by atoms with Gasteiger partial charge in [-0.1, -0.05) is 11.6 Å². The molecule has 0 saturated carbocycles. The van der Waals surface area contributed by atoms with Gasteiger partial charge in [-0.15, -0.1) is 0 Å². The minimum Gasteiger partial charge on any atom is -0.493 e. The highest BCUT2D eigenvalue weighted by Gasteiger charge is 2.13. The average molecular weight is 330 g/mol. The van der Waals surface area contributed by atoms with Crippen molar-refractivity contribution in [1.29, 1.82) is 0 Å². The minimum absolute atomic E-state index is 0.206. The Morgan fingerprint density at radius 3 is 2.77 bits per heavy atom. The zero-order chi connectivity index (χ0) is 16.5. The second kappa shape index (κ2) is 8.73. The van der Waals surface area contributed by atoms with Crippen molar-refractivity contribution in [2.75, 3.05) is 20.3 Å². The molecule has 120 valence electrons. The number of primary amides is 1. The average Bonchev–Trinajstić information content (AvgIpc) is 2.45. The number of urea groups is 1. The fourth-order valence-corrected chi connectivity index (χ4v) is 1.73. The Kier molecular flexibility index (Phi) is 6.97. The predicted molar refractivity (Wildman–Crippen MR) is 80.4 cm³/mol. The maximum atomic E-state index is 11.3. The number of rotatable bonds is 7. The van der Waals surface area contributed by atoms with Gasteiger partial charge in [-0.25, -0.2) is 15.0 Å². The predicted octanol–water partition coefficient (Wildman–Crippen LogP) is 1.29. The van der Waals surface area contributed by atoms with E-state index in [2.05, 4.69) is 10.5 Å². The lowest BCUT2D eigenvalue weighted by atomic mass is 10.2. The highest BCUT2D eigenvalue weighted by Crippen LogP contribution is 2.36. The molecule has 9 heteroatoms. The largest absolute Gasteiger partial charge is 0.493 e. The van der Waals surface area contributed by atoms with Gasteiger partial charge in [0.15, 0.2) is 18.1 Å². The van der Waals surface area contributed by atoms with Gasteiger partial charge in [0, 0.05) is 0 Å². The van der Waals surface area contributed by atoms with Crippen LogP contribution in [-0.4, -0.2) is 38.5 Å². The summed E-state index contributed by atoms with van der Waals surface area (Å²) in [4.78, 5) is 21.8. The Bertz CT molecular complexity index is 577. The third-order valence-electron chi connectivity index (χ3n) is 2.28. The summed E-state index contributed by atoms with van der Waals surface area (Å²) in [5, 5.41) is 3.82. The number of hydrazone groups is 1. The summed E-state index contributed by atoms with van der Waals surface area (Å²) in [7, 11) is 1.42. The van der Waals surface area contributed by atoms with Crippen LogP contribution in [-0.2, 0) is 9.53 Å². The highest BCUT2D eigenvalue weighted by atomic mass is 35.5. The lowest BCUT2D eigenvalue weighted by Crippen LogP contribution is -2.24. The molecule has 1 aromatic rings. The van der Waals surface area contributed by atoms with Crippen molar-refractivity contribution in [3.8, 4) is 11.5 Å². The number of hydrogen-bond acceptors (Lipinski definition) is 6. The zero-order valence-electron chi connectivity index (χ0n) is 12.1. The van der Waals surface area contributed by atoms with Gasteiger partial charge in [0.25, 0.3) is 0 Å². The number of carbonyl (C=O) groups excluding carboxylic acids is 2. The summed E-state index contributed by atoms with van der Waals surface area (Å²) in [6.45, 7) is 1.66. The van der Waals surface area contributed by atoms with E-state index in [1.165, 1.54) is 19.4 Å². The van der Waals surface area contributed by atoms with Crippen LogP contribution in [0.2, 0.25) is 5.02 Å².